The van der Waals surface area contributed by atoms with Gasteiger partial charge in [0.05, 0.1) is 12.2 Å². The summed E-state index contributed by atoms with van der Waals surface area (Å²) in [6, 6.07) is 0. The molecule has 0 radical (unpaired) electrons. The highest BCUT2D eigenvalue weighted by molar-refractivity contribution is 5.87. The maximum atomic E-state index is 10.8. The van der Waals surface area contributed by atoms with Crippen molar-refractivity contribution in [2.75, 3.05) is 6.61 Å². The summed E-state index contributed by atoms with van der Waals surface area (Å²) in [5, 5.41) is 8.07. The number of aliphatic hydroxyl groups excluding tert-OH is 1. The van der Waals surface area contributed by atoms with E-state index in [-0.39, 0.29) is 5.57 Å². The third kappa shape index (κ3) is 1.70. The van der Waals surface area contributed by atoms with E-state index in [4.69, 9.17) is 5.11 Å². The molecule has 0 amide bonds. The zero-order valence-corrected chi connectivity index (χ0v) is 4.06. The van der Waals surface area contributed by atoms with Crippen molar-refractivity contribution >= 4 is 5.97 Å². The van der Waals surface area contributed by atoms with Gasteiger partial charge in [0.25, 0.3) is 0 Å². The second-order valence-electron chi connectivity index (χ2n) is 1.13. The van der Waals surface area contributed by atoms with Crippen LogP contribution < -0.4 is 0 Å². The lowest BCUT2D eigenvalue weighted by molar-refractivity contribution is -0.178. The van der Waals surface area contributed by atoms with E-state index >= 15 is 0 Å². The Labute approximate surface area is 45.3 Å². The number of rotatable bonds is 2. The van der Waals surface area contributed by atoms with Gasteiger partial charge in [0, 0.05) is 4.53 Å². The van der Waals surface area contributed by atoms with Gasteiger partial charge in [-0.15, -0.1) is 0 Å². The van der Waals surface area contributed by atoms with Gasteiger partial charge < -0.3 is 5.11 Å². The maximum Gasteiger partial charge on any atom is 0.377 e. The van der Waals surface area contributed by atoms with E-state index in [0.717, 1.165) is 0 Å². The van der Waals surface area contributed by atoms with Gasteiger partial charge in [-0.3, -0.25) is 0 Å². The molecule has 0 heterocycles. The second kappa shape index (κ2) is 3.15. The predicted octanol–water partition coefficient (Wildman–Crippen LogP) is -0.0374. The van der Waals surface area contributed by atoms with Crippen LogP contribution in [-0.2, 0) is 9.74 Å². The largest absolute Gasteiger partial charge is 0.391 e. The summed E-state index contributed by atoms with van der Waals surface area (Å²) in [7, 11) is 0. The topological polar surface area (TPSA) is 46.5 Å². The third-order valence-corrected chi connectivity index (χ3v) is 0.550. The van der Waals surface area contributed by atoms with Crippen LogP contribution in [0.25, 0.3) is 0 Å². The van der Waals surface area contributed by atoms with Crippen LogP contribution in [0.2, 0.25) is 0 Å². The highest BCUT2D eigenvalue weighted by Crippen LogP contribution is 1.91. The molecular formula is C4H5FO3. The summed E-state index contributed by atoms with van der Waals surface area (Å²) in [5.74, 6) is -1.23. The molecule has 0 fully saturated rings. The van der Waals surface area contributed by atoms with Crippen molar-refractivity contribution in [3.05, 3.63) is 12.2 Å². The van der Waals surface area contributed by atoms with Crippen LogP contribution in [0, 0.1) is 0 Å². The van der Waals surface area contributed by atoms with Crippen molar-refractivity contribution in [3.63, 3.8) is 0 Å². The van der Waals surface area contributed by atoms with Gasteiger partial charge in [-0.1, -0.05) is 6.58 Å². The normalized spacial score (nSPS) is 8.25. The van der Waals surface area contributed by atoms with E-state index in [1.165, 1.54) is 0 Å². The average Bonchev–Trinajstić information content (AvgIpc) is 1.84. The molecule has 0 unspecified atom stereocenters. The van der Waals surface area contributed by atoms with Crippen LogP contribution in [0.4, 0.5) is 4.53 Å². The minimum absolute atomic E-state index is 0.299. The molecule has 8 heavy (non-hydrogen) atoms. The maximum absolute atomic E-state index is 10.8. The summed E-state index contributed by atoms with van der Waals surface area (Å²) in [5.41, 5.74) is -0.299. The molecule has 1 N–H and O–H groups in total. The molecule has 0 aromatic rings. The van der Waals surface area contributed by atoms with Gasteiger partial charge in [0.15, 0.2) is 0 Å². The van der Waals surface area contributed by atoms with Crippen LogP contribution in [0.3, 0.4) is 0 Å². The number of hydrogen-bond donors (Lipinski definition) is 1. The Morgan fingerprint density at radius 3 is 2.50 bits per heavy atom. The summed E-state index contributed by atoms with van der Waals surface area (Å²) in [4.78, 5) is 12.6. The first-order valence-electron chi connectivity index (χ1n) is 1.84. The predicted molar refractivity (Wildman–Crippen MR) is 23.4 cm³/mol. The Morgan fingerprint density at radius 1 is 1.88 bits per heavy atom. The van der Waals surface area contributed by atoms with E-state index < -0.39 is 12.6 Å². The molecule has 0 aliphatic carbocycles. The van der Waals surface area contributed by atoms with Crippen molar-refractivity contribution in [2.45, 2.75) is 0 Å². The van der Waals surface area contributed by atoms with Gasteiger partial charge in [0.1, 0.15) is 0 Å². The molecule has 0 bridgehead atoms. The molecular weight excluding hydrogens is 115 g/mol. The van der Waals surface area contributed by atoms with E-state index in [1.54, 1.807) is 0 Å². The van der Waals surface area contributed by atoms with Crippen molar-refractivity contribution in [1.29, 1.82) is 0 Å². The molecule has 46 valence electrons. The number of hydrogen-bond acceptors (Lipinski definition) is 3. The van der Waals surface area contributed by atoms with Gasteiger partial charge in [-0.25, -0.2) is 9.74 Å². The summed E-state index contributed by atoms with van der Waals surface area (Å²) >= 11 is 0. The average molecular weight is 120 g/mol. The molecule has 4 heteroatoms. The first-order chi connectivity index (χ1) is 3.72. The zero-order chi connectivity index (χ0) is 6.57. The molecule has 0 aliphatic rings. The minimum Gasteiger partial charge on any atom is -0.391 e. The molecule has 0 spiro atoms. The first-order valence-corrected chi connectivity index (χ1v) is 1.84. The number of halogens is 1. The summed E-state index contributed by atoms with van der Waals surface area (Å²) in [6.45, 7) is 2.40. The van der Waals surface area contributed by atoms with Gasteiger partial charge in [-0.2, -0.15) is 0 Å². The van der Waals surface area contributed by atoms with Gasteiger partial charge in [0.2, 0.25) is 0 Å². The lowest BCUT2D eigenvalue weighted by atomic mass is 10.3. The van der Waals surface area contributed by atoms with E-state index in [1.807, 2.05) is 0 Å². The fourth-order valence-corrected chi connectivity index (χ4v) is 0.119. The standard InChI is InChI=1S/C4H5FO3/c1-3(2-6)4(7)8-5/h6H,1-2H2. The Bertz CT molecular complexity index is 95.9. The third-order valence-electron chi connectivity index (χ3n) is 0.550. The van der Waals surface area contributed by atoms with E-state index in [2.05, 4.69) is 11.5 Å². The van der Waals surface area contributed by atoms with Crippen LogP contribution >= 0.6 is 0 Å². The van der Waals surface area contributed by atoms with Gasteiger partial charge in [-0.05, 0) is 0 Å². The monoisotopic (exact) mass is 120 g/mol. The summed E-state index contributed by atoms with van der Waals surface area (Å²) in [6.07, 6.45) is 0. The van der Waals surface area contributed by atoms with E-state index in [9.17, 15) is 9.32 Å². The number of aliphatic hydroxyl groups is 1. The zero-order valence-electron chi connectivity index (χ0n) is 4.06. The Hall–Kier alpha value is -0.900. The molecule has 0 saturated heterocycles. The highest BCUT2D eigenvalue weighted by Gasteiger charge is 2.05. The lowest BCUT2D eigenvalue weighted by Crippen LogP contribution is -2.04. The smallest absolute Gasteiger partial charge is 0.377 e. The minimum atomic E-state index is -1.23. The van der Waals surface area contributed by atoms with E-state index in [0.29, 0.717) is 0 Å². The lowest BCUT2D eigenvalue weighted by Gasteiger charge is -1.90. The van der Waals surface area contributed by atoms with Crippen molar-refractivity contribution < 1.29 is 19.4 Å². The molecule has 3 nitrogen and oxygen atoms in total. The van der Waals surface area contributed by atoms with Crippen LogP contribution in [0.15, 0.2) is 12.2 Å². The fraction of sp³-hybridized carbons (Fsp3) is 0.250. The molecule has 0 aromatic carbocycles. The SMILES string of the molecule is C=C(CO)C(=O)OF. The second-order valence-corrected chi connectivity index (χ2v) is 1.13. The quantitative estimate of drug-likeness (QED) is 0.520. The molecule has 0 aliphatic heterocycles. The number of carbonyl (C=O) groups excluding carboxylic acids is 1. The van der Waals surface area contributed by atoms with Crippen molar-refractivity contribution in [1.82, 2.24) is 0 Å². The van der Waals surface area contributed by atoms with Crippen molar-refractivity contribution in [2.24, 2.45) is 0 Å². The Balaban J connectivity index is 3.64. The van der Waals surface area contributed by atoms with Crippen LogP contribution in [-0.4, -0.2) is 17.7 Å². The molecule has 0 aromatic heterocycles. The van der Waals surface area contributed by atoms with Crippen LogP contribution in [0.5, 0.6) is 0 Å². The van der Waals surface area contributed by atoms with Crippen molar-refractivity contribution in [3.8, 4) is 0 Å². The highest BCUT2D eigenvalue weighted by atomic mass is 19.3. The summed E-state index contributed by atoms with van der Waals surface area (Å²) < 4.78 is 10.8. The fourth-order valence-electron chi connectivity index (χ4n) is 0.119. The van der Waals surface area contributed by atoms with Gasteiger partial charge >= 0.3 is 5.97 Å². The Morgan fingerprint density at radius 2 is 2.38 bits per heavy atom. The molecule has 0 saturated carbocycles. The van der Waals surface area contributed by atoms with Crippen LogP contribution in [0.1, 0.15) is 0 Å². The molecule has 0 atom stereocenters. The molecule has 0 rings (SSSR count). The Kier molecular flexibility index (Phi) is 2.79. The number of carbonyl (C=O) groups is 1. The first kappa shape index (κ1) is 7.10.